The minimum atomic E-state index is -0.564. The molecule has 0 saturated heterocycles. The molecule has 18 heavy (non-hydrogen) atoms. The number of carbonyl (C=O) groups excluding carboxylic acids is 1. The van der Waals surface area contributed by atoms with E-state index in [1.165, 1.54) is 18.6 Å². The standard InChI is InChI=1S/C10H7Cl2N3O2S/c11-7-1-6(8(12)18-7)10(16)17-3-5-2-14-4-15-9(5)13/h1-2,4H,3H2,(H2,13,14,15). The zero-order chi connectivity index (χ0) is 13.1. The molecule has 2 aromatic heterocycles. The van der Waals surface area contributed by atoms with Crippen LogP contribution >= 0.6 is 34.5 Å². The highest BCUT2D eigenvalue weighted by Crippen LogP contribution is 2.31. The van der Waals surface area contributed by atoms with Crippen LogP contribution in [0.15, 0.2) is 18.6 Å². The molecule has 0 atom stereocenters. The molecule has 0 aliphatic rings. The molecule has 8 heteroatoms. The van der Waals surface area contributed by atoms with E-state index in [0.29, 0.717) is 14.2 Å². The molecule has 0 radical (unpaired) electrons. The summed E-state index contributed by atoms with van der Waals surface area (Å²) in [7, 11) is 0. The van der Waals surface area contributed by atoms with Crippen molar-refractivity contribution in [3.63, 3.8) is 0 Å². The normalized spacial score (nSPS) is 10.3. The molecule has 0 bridgehead atoms. The molecule has 0 unspecified atom stereocenters. The molecule has 2 N–H and O–H groups in total. The lowest BCUT2D eigenvalue weighted by Crippen LogP contribution is -2.07. The van der Waals surface area contributed by atoms with Crippen LogP contribution in [0.25, 0.3) is 0 Å². The number of esters is 1. The third-order valence-corrected chi connectivity index (χ3v) is 3.55. The van der Waals surface area contributed by atoms with E-state index in [1.807, 2.05) is 0 Å². The van der Waals surface area contributed by atoms with E-state index >= 15 is 0 Å². The number of rotatable bonds is 3. The third-order valence-electron chi connectivity index (χ3n) is 2.06. The maximum Gasteiger partial charge on any atom is 0.340 e. The fourth-order valence-electron chi connectivity index (χ4n) is 1.18. The maximum atomic E-state index is 11.7. The van der Waals surface area contributed by atoms with Crippen LogP contribution in [-0.2, 0) is 11.3 Å². The summed E-state index contributed by atoms with van der Waals surface area (Å²) in [5.74, 6) is -0.293. The van der Waals surface area contributed by atoms with Gasteiger partial charge in [0.2, 0.25) is 0 Å². The Morgan fingerprint density at radius 3 is 2.89 bits per heavy atom. The van der Waals surface area contributed by atoms with Crippen LogP contribution in [0.2, 0.25) is 8.67 Å². The molecule has 94 valence electrons. The molecule has 0 fully saturated rings. The number of nitrogen functional groups attached to an aromatic ring is 1. The first-order chi connectivity index (χ1) is 8.58. The van der Waals surface area contributed by atoms with Crippen LogP contribution in [0.4, 0.5) is 5.82 Å². The fourth-order valence-corrected chi connectivity index (χ4v) is 2.62. The molecule has 0 aromatic carbocycles. The number of aromatic nitrogens is 2. The molecule has 0 aliphatic carbocycles. The highest BCUT2D eigenvalue weighted by Gasteiger charge is 2.16. The predicted octanol–water partition coefficient (Wildman–Crippen LogP) is 2.78. The Kier molecular flexibility index (Phi) is 4.00. The quantitative estimate of drug-likeness (QED) is 0.882. The predicted molar refractivity (Wildman–Crippen MR) is 69.9 cm³/mol. The number of ether oxygens (including phenoxy) is 1. The summed E-state index contributed by atoms with van der Waals surface area (Å²) < 4.78 is 5.77. The van der Waals surface area contributed by atoms with Gasteiger partial charge in [-0.1, -0.05) is 23.2 Å². The van der Waals surface area contributed by atoms with Gasteiger partial charge in [0.15, 0.2) is 0 Å². The fraction of sp³-hybridized carbons (Fsp3) is 0.100. The van der Waals surface area contributed by atoms with Gasteiger partial charge in [-0.3, -0.25) is 0 Å². The molecular formula is C10H7Cl2N3O2S. The summed E-state index contributed by atoms with van der Waals surface area (Å²) >= 11 is 12.7. The largest absolute Gasteiger partial charge is 0.457 e. The van der Waals surface area contributed by atoms with Crippen molar-refractivity contribution in [2.24, 2.45) is 0 Å². The van der Waals surface area contributed by atoms with E-state index in [0.717, 1.165) is 11.3 Å². The van der Waals surface area contributed by atoms with Gasteiger partial charge in [-0.15, -0.1) is 11.3 Å². The monoisotopic (exact) mass is 303 g/mol. The molecule has 0 saturated carbocycles. The van der Waals surface area contributed by atoms with Crippen molar-refractivity contribution >= 4 is 46.3 Å². The first-order valence-corrected chi connectivity index (χ1v) is 6.31. The highest BCUT2D eigenvalue weighted by molar-refractivity contribution is 7.20. The van der Waals surface area contributed by atoms with Crippen molar-refractivity contribution in [1.82, 2.24) is 9.97 Å². The number of thiophene rings is 1. The van der Waals surface area contributed by atoms with Crippen molar-refractivity contribution in [2.45, 2.75) is 6.61 Å². The van der Waals surface area contributed by atoms with E-state index in [9.17, 15) is 4.79 Å². The van der Waals surface area contributed by atoms with Gasteiger partial charge in [0.1, 0.15) is 23.1 Å². The van der Waals surface area contributed by atoms with Crippen LogP contribution in [0.5, 0.6) is 0 Å². The van der Waals surface area contributed by atoms with Gasteiger partial charge >= 0.3 is 5.97 Å². The van der Waals surface area contributed by atoms with E-state index in [2.05, 4.69) is 9.97 Å². The van der Waals surface area contributed by atoms with Crippen LogP contribution < -0.4 is 5.73 Å². The smallest absolute Gasteiger partial charge is 0.340 e. The number of hydrogen-bond acceptors (Lipinski definition) is 6. The van der Waals surface area contributed by atoms with Gasteiger partial charge in [-0.25, -0.2) is 14.8 Å². The van der Waals surface area contributed by atoms with E-state index < -0.39 is 5.97 Å². The summed E-state index contributed by atoms with van der Waals surface area (Å²) in [5.41, 5.74) is 6.36. The number of hydrogen-bond donors (Lipinski definition) is 1. The van der Waals surface area contributed by atoms with Crippen molar-refractivity contribution < 1.29 is 9.53 Å². The van der Waals surface area contributed by atoms with Crippen LogP contribution in [-0.4, -0.2) is 15.9 Å². The van der Waals surface area contributed by atoms with E-state index in [-0.39, 0.29) is 18.0 Å². The summed E-state index contributed by atoms with van der Waals surface area (Å²) in [6.45, 7) is -0.0186. The lowest BCUT2D eigenvalue weighted by atomic mass is 10.3. The van der Waals surface area contributed by atoms with E-state index in [4.69, 9.17) is 33.7 Å². The Morgan fingerprint density at radius 1 is 1.50 bits per heavy atom. The van der Waals surface area contributed by atoms with E-state index in [1.54, 1.807) is 0 Å². The Morgan fingerprint density at radius 2 is 2.28 bits per heavy atom. The zero-order valence-corrected chi connectivity index (χ0v) is 11.2. The topological polar surface area (TPSA) is 78.1 Å². The van der Waals surface area contributed by atoms with Gasteiger partial charge in [0.05, 0.1) is 9.90 Å². The van der Waals surface area contributed by atoms with Gasteiger partial charge in [-0.2, -0.15) is 0 Å². The molecule has 0 amide bonds. The molecule has 5 nitrogen and oxygen atoms in total. The second-order valence-electron chi connectivity index (χ2n) is 3.25. The molecule has 0 spiro atoms. The minimum Gasteiger partial charge on any atom is -0.457 e. The summed E-state index contributed by atoms with van der Waals surface area (Å²) in [4.78, 5) is 19.3. The Hall–Kier alpha value is -1.37. The molecular weight excluding hydrogens is 297 g/mol. The van der Waals surface area contributed by atoms with Crippen LogP contribution in [0, 0.1) is 0 Å². The Bertz CT molecular complexity index is 588. The lowest BCUT2D eigenvalue weighted by molar-refractivity contribution is 0.0474. The molecule has 0 aliphatic heterocycles. The zero-order valence-electron chi connectivity index (χ0n) is 8.89. The summed E-state index contributed by atoms with van der Waals surface area (Å²) in [6.07, 6.45) is 2.80. The summed E-state index contributed by atoms with van der Waals surface area (Å²) in [5, 5.41) is 0. The molecule has 2 aromatic rings. The SMILES string of the molecule is Nc1ncncc1COC(=O)c1cc(Cl)sc1Cl. The summed E-state index contributed by atoms with van der Waals surface area (Å²) in [6, 6.07) is 1.46. The third kappa shape index (κ3) is 2.90. The average molecular weight is 304 g/mol. The van der Waals surface area contributed by atoms with Crippen molar-refractivity contribution in [3.8, 4) is 0 Å². The van der Waals surface area contributed by atoms with Crippen LogP contribution in [0.1, 0.15) is 15.9 Å². The number of nitrogens with zero attached hydrogens (tertiary/aromatic N) is 2. The number of nitrogens with two attached hydrogens (primary N) is 1. The minimum absolute atomic E-state index is 0.0186. The maximum absolute atomic E-state index is 11.7. The number of halogens is 2. The Balaban J connectivity index is 2.05. The number of anilines is 1. The first-order valence-electron chi connectivity index (χ1n) is 4.74. The van der Waals surface area contributed by atoms with Crippen molar-refractivity contribution in [2.75, 3.05) is 5.73 Å². The molecule has 2 rings (SSSR count). The number of carbonyl (C=O) groups is 1. The van der Waals surface area contributed by atoms with Crippen molar-refractivity contribution in [3.05, 3.63) is 38.4 Å². The van der Waals surface area contributed by atoms with Gasteiger partial charge in [-0.05, 0) is 6.07 Å². The molecule has 2 heterocycles. The van der Waals surface area contributed by atoms with Gasteiger partial charge < -0.3 is 10.5 Å². The van der Waals surface area contributed by atoms with Crippen molar-refractivity contribution in [1.29, 1.82) is 0 Å². The van der Waals surface area contributed by atoms with Crippen LogP contribution in [0.3, 0.4) is 0 Å². The second-order valence-corrected chi connectivity index (χ2v) is 5.53. The highest BCUT2D eigenvalue weighted by atomic mass is 35.5. The van der Waals surface area contributed by atoms with Gasteiger partial charge in [0.25, 0.3) is 0 Å². The van der Waals surface area contributed by atoms with Gasteiger partial charge in [0, 0.05) is 11.8 Å². The Labute approximate surface area is 117 Å². The first kappa shape index (κ1) is 13.1. The second kappa shape index (κ2) is 5.51. The average Bonchev–Trinajstić information content (AvgIpc) is 2.67. The lowest BCUT2D eigenvalue weighted by Gasteiger charge is -2.05.